The molecule has 4 amide bonds. The number of aromatic nitrogens is 3. The molecule has 52 heavy (non-hydrogen) atoms. The highest BCUT2D eigenvalue weighted by atomic mass is 79.9. The largest absolute Gasteiger partial charge is 0.343 e. The van der Waals surface area contributed by atoms with Crippen molar-refractivity contribution in [2.24, 2.45) is 5.73 Å². The third kappa shape index (κ3) is 9.13. The molecular weight excluding hydrogens is 792 g/mol. The third-order valence-corrected chi connectivity index (χ3v) is 11.6. The van der Waals surface area contributed by atoms with Crippen molar-refractivity contribution in [2.45, 2.75) is 75.4 Å². The number of imidazole rings is 1. The highest BCUT2D eigenvalue weighted by Gasteiger charge is 2.34. The molecule has 0 aliphatic carbocycles. The first kappa shape index (κ1) is 37.7. The van der Waals surface area contributed by atoms with Gasteiger partial charge in [0.1, 0.15) is 12.1 Å². The number of piperidine rings is 2. The number of hydrogen-bond donors (Lipinski definition) is 4. The lowest BCUT2D eigenvalue weighted by atomic mass is 9.89. The van der Waals surface area contributed by atoms with E-state index in [0.717, 1.165) is 44.8 Å². The normalized spacial score (nSPS) is 16.8. The zero-order chi connectivity index (χ0) is 36.6. The molecule has 0 radical (unpaired) electrons. The SMILES string of the molecule is NCCCC[C@H](NC(=O)[C@@H](Cc1cc(Br)ccc1Br)NC(=O)N1CCC(n2c(=O)[nH]c3ccccc32)CC1)C(=O)N1CCC(c2ccncc2)CC1. The van der Waals surface area contributed by atoms with Crippen LogP contribution in [0, 0.1) is 0 Å². The summed E-state index contributed by atoms with van der Waals surface area (Å²) in [4.78, 5) is 65.4. The molecule has 4 heterocycles. The minimum Gasteiger partial charge on any atom is -0.343 e. The van der Waals surface area contributed by atoms with Gasteiger partial charge in [0.25, 0.3) is 0 Å². The number of benzene rings is 2. The Labute approximate surface area is 320 Å². The number of hydrogen-bond acceptors (Lipinski definition) is 6. The molecule has 2 saturated heterocycles. The number of carbonyl (C=O) groups is 3. The van der Waals surface area contributed by atoms with Gasteiger partial charge in [-0.15, -0.1) is 0 Å². The Bertz CT molecular complexity index is 1900. The average molecular weight is 839 g/mol. The van der Waals surface area contributed by atoms with Gasteiger partial charge in [-0.2, -0.15) is 0 Å². The van der Waals surface area contributed by atoms with Gasteiger partial charge >= 0.3 is 11.7 Å². The number of nitrogens with two attached hydrogens (primary N) is 1. The number of likely N-dealkylation sites (tertiary alicyclic amines) is 2. The van der Waals surface area contributed by atoms with Gasteiger partial charge in [-0.25, -0.2) is 9.59 Å². The van der Waals surface area contributed by atoms with Gasteiger partial charge in [-0.05, 0) is 111 Å². The molecule has 0 saturated carbocycles. The number of aromatic amines is 1. The van der Waals surface area contributed by atoms with Crippen LogP contribution in [0.5, 0.6) is 0 Å². The van der Waals surface area contributed by atoms with Gasteiger partial charge in [0, 0.05) is 60.0 Å². The fourth-order valence-corrected chi connectivity index (χ4v) is 8.26. The lowest BCUT2D eigenvalue weighted by Crippen LogP contribution is -2.57. The zero-order valence-corrected chi connectivity index (χ0v) is 32.3. The number of fused-ring (bicyclic) bond motifs is 1. The fraction of sp³-hybridized carbons (Fsp3) is 0.447. The summed E-state index contributed by atoms with van der Waals surface area (Å²) in [5.41, 5.74) is 9.32. The zero-order valence-electron chi connectivity index (χ0n) is 29.1. The summed E-state index contributed by atoms with van der Waals surface area (Å²) in [6.45, 7) is 2.54. The van der Waals surface area contributed by atoms with Crippen LogP contribution in [0.2, 0.25) is 0 Å². The van der Waals surface area contributed by atoms with Crippen molar-refractivity contribution in [2.75, 3.05) is 32.7 Å². The van der Waals surface area contributed by atoms with Gasteiger partial charge in [-0.3, -0.25) is 19.1 Å². The number of urea groups is 1. The Morgan fingerprint density at radius 2 is 1.60 bits per heavy atom. The Balaban J connectivity index is 1.14. The quantitative estimate of drug-likeness (QED) is 0.143. The van der Waals surface area contributed by atoms with E-state index in [2.05, 4.69) is 52.5 Å². The number of H-pyrrole nitrogens is 1. The number of amides is 4. The maximum absolute atomic E-state index is 14.2. The Morgan fingerprint density at radius 3 is 2.33 bits per heavy atom. The maximum atomic E-state index is 14.2. The number of unbranched alkanes of at least 4 members (excludes halogenated alkanes) is 1. The summed E-state index contributed by atoms with van der Waals surface area (Å²) in [6.07, 6.45) is 8.53. The molecule has 2 fully saturated rings. The van der Waals surface area contributed by atoms with Crippen LogP contribution in [0.4, 0.5) is 4.79 Å². The summed E-state index contributed by atoms with van der Waals surface area (Å²) < 4.78 is 3.44. The summed E-state index contributed by atoms with van der Waals surface area (Å²) in [5.74, 6) is -0.172. The number of rotatable bonds is 12. The molecule has 2 aromatic carbocycles. The van der Waals surface area contributed by atoms with Crippen LogP contribution >= 0.6 is 31.9 Å². The van der Waals surface area contributed by atoms with Crippen molar-refractivity contribution >= 4 is 60.7 Å². The van der Waals surface area contributed by atoms with E-state index in [0.29, 0.717) is 64.3 Å². The van der Waals surface area contributed by atoms with Crippen LogP contribution in [0.3, 0.4) is 0 Å². The predicted molar refractivity (Wildman–Crippen MR) is 208 cm³/mol. The topological polar surface area (TPSA) is 158 Å². The minimum atomic E-state index is -0.950. The van der Waals surface area contributed by atoms with E-state index in [1.54, 1.807) is 21.9 Å². The highest BCUT2D eigenvalue weighted by Crippen LogP contribution is 2.29. The van der Waals surface area contributed by atoms with Crippen molar-refractivity contribution in [3.63, 3.8) is 0 Å². The smallest absolute Gasteiger partial charge is 0.326 e. The van der Waals surface area contributed by atoms with E-state index in [1.165, 1.54) is 5.56 Å². The summed E-state index contributed by atoms with van der Waals surface area (Å²) in [7, 11) is 0. The number of para-hydroxylation sites is 2. The second kappa shape index (κ2) is 17.7. The van der Waals surface area contributed by atoms with E-state index >= 15 is 0 Å². The fourth-order valence-electron chi connectivity index (χ4n) is 7.44. The monoisotopic (exact) mass is 836 g/mol. The molecule has 5 N–H and O–H groups in total. The van der Waals surface area contributed by atoms with Crippen LogP contribution < -0.4 is 22.1 Å². The first-order valence-electron chi connectivity index (χ1n) is 18.1. The molecule has 2 aliphatic heterocycles. The van der Waals surface area contributed by atoms with Crippen LogP contribution in [0.25, 0.3) is 11.0 Å². The second-order valence-electron chi connectivity index (χ2n) is 13.7. The molecule has 0 spiro atoms. The first-order valence-corrected chi connectivity index (χ1v) is 19.7. The average Bonchev–Trinajstić information content (AvgIpc) is 3.51. The molecule has 6 rings (SSSR count). The molecule has 0 bridgehead atoms. The number of pyridine rings is 1. The van der Waals surface area contributed by atoms with E-state index < -0.39 is 18.0 Å². The molecule has 2 aromatic heterocycles. The van der Waals surface area contributed by atoms with Crippen LogP contribution in [0.1, 0.15) is 68.0 Å². The van der Waals surface area contributed by atoms with E-state index in [9.17, 15) is 19.2 Å². The van der Waals surface area contributed by atoms with Crippen molar-refractivity contribution < 1.29 is 14.4 Å². The molecule has 276 valence electrons. The van der Waals surface area contributed by atoms with Crippen molar-refractivity contribution in [3.05, 3.63) is 97.5 Å². The second-order valence-corrected chi connectivity index (χ2v) is 15.5. The number of nitrogens with zero attached hydrogens (tertiary/aromatic N) is 4. The molecule has 2 aliphatic rings. The number of halogens is 2. The van der Waals surface area contributed by atoms with E-state index in [4.69, 9.17) is 5.73 Å². The van der Waals surface area contributed by atoms with E-state index in [1.807, 2.05) is 59.5 Å². The van der Waals surface area contributed by atoms with E-state index in [-0.39, 0.29) is 30.1 Å². The minimum absolute atomic E-state index is 0.0560. The highest BCUT2D eigenvalue weighted by molar-refractivity contribution is 9.11. The maximum Gasteiger partial charge on any atom is 0.326 e. The Morgan fingerprint density at radius 1 is 0.885 bits per heavy atom. The predicted octanol–water partition coefficient (Wildman–Crippen LogP) is 5.23. The molecule has 0 unspecified atom stereocenters. The molecule has 2 atom stereocenters. The van der Waals surface area contributed by atoms with Gasteiger partial charge in [0.2, 0.25) is 11.8 Å². The Hall–Kier alpha value is -4.01. The van der Waals surface area contributed by atoms with Crippen LogP contribution in [0.15, 0.2) is 80.7 Å². The van der Waals surface area contributed by atoms with Gasteiger partial charge in [-0.1, -0.05) is 44.0 Å². The first-order chi connectivity index (χ1) is 25.2. The number of carbonyl (C=O) groups excluding carboxylic acids is 3. The molecule has 14 heteroatoms. The summed E-state index contributed by atoms with van der Waals surface area (Å²) in [5, 5.41) is 6.05. The van der Waals surface area contributed by atoms with Gasteiger partial charge in [0.05, 0.1) is 11.0 Å². The van der Waals surface area contributed by atoms with Crippen LogP contribution in [-0.2, 0) is 16.0 Å². The summed E-state index contributed by atoms with van der Waals surface area (Å²) >= 11 is 7.14. The number of nitrogens with one attached hydrogen (secondary N) is 3. The molecular formula is C38H46Br2N8O4. The van der Waals surface area contributed by atoms with Gasteiger partial charge in [0.15, 0.2) is 0 Å². The summed E-state index contributed by atoms with van der Waals surface area (Å²) in [6, 6.07) is 15.3. The molecule has 12 nitrogen and oxygen atoms in total. The van der Waals surface area contributed by atoms with Crippen molar-refractivity contribution in [1.82, 2.24) is 35.0 Å². The Kier molecular flexibility index (Phi) is 12.8. The van der Waals surface area contributed by atoms with Crippen LogP contribution in [-0.4, -0.2) is 87.0 Å². The lowest BCUT2D eigenvalue weighted by molar-refractivity contribution is -0.138. The standard InChI is InChI=1S/C38H46Br2N8O4/c39-28-8-9-30(40)27(23-28)24-33(45-37(51)47-21-14-29(15-22-47)48-34-7-2-1-5-31(34)44-38(48)52)35(49)43-32(6-3-4-16-41)36(50)46-19-12-26(13-20-46)25-10-17-42-18-11-25/h1-2,5,7-11,17-18,23,26,29,32-33H,3-4,6,12-16,19-22,24,41H2,(H,43,49)(H,44,52)(H,45,51)/t32-,33+/m0/s1. The molecule has 4 aromatic rings. The third-order valence-electron chi connectivity index (χ3n) is 10.3. The van der Waals surface area contributed by atoms with Crippen molar-refractivity contribution in [3.8, 4) is 0 Å². The van der Waals surface area contributed by atoms with Crippen molar-refractivity contribution in [1.29, 1.82) is 0 Å². The van der Waals surface area contributed by atoms with Gasteiger partial charge < -0.3 is 31.2 Å². The lowest BCUT2D eigenvalue weighted by Gasteiger charge is -2.35.